The molecule has 0 aromatic carbocycles. The van der Waals surface area contributed by atoms with E-state index in [0.717, 1.165) is 5.69 Å². The second kappa shape index (κ2) is 6.22. The molecule has 3 rings (SSSR count). The molecule has 10 heteroatoms. The Balaban J connectivity index is 1.89. The van der Waals surface area contributed by atoms with Gasteiger partial charge in [0, 0.05) is 32.7 Å². The highest BCUT2D eigenvalue weighted by molar-refractivity contribution is 7.86. The van der Waals surface area contributed by atoms with E-state index in [-0.39, 0.29) is 19.1 Å². The molecule has 0 amide bonds. The van der Waals surface area contributed by atoms with Gasteiger partial charge in [0.1, 0.15) is 6.10 Å². The first kappa shape index (κ1) is 15.8. The molecule has 1 aliphatic heterocycles. The van der Waals surface area contributed by atoms with Gasteiger partial charge in [0.25, 0.3) is 10.2 Å². The molecule has 3 heterocycles. The van der Waals surface area contributed by atoms with Crippen molar-refractivity contribution in [3.63, 3.8) is 0 Å². The maximum absolute atomic E-state index is 12.5. The summed E-state index contributed by atoms with van der Waals surface area (Å²) in [6.45, 7) is 0.873. The van der Waals surface area contributed by atoms with Crippen molar-refractivity contribution < 1.29 is 13.2 Å². The van der Waals surface area contributed by atoms with Crippen LogP contribution in [-0.2, 0) is 23.3 Å². The molecule has 2 aromatic heterocycles. The van der Waals surface area contributed by atoms with E-state index in [1.165, 1.54) is 22.7 Å². The van der Waals surface area contributed by atoms with Crippen molar-refractivity contribution in [1.29, 1.82) is 0 Å². The fourth-order valence-corrected chi connectivity index (χ4v) is 3.47. The number of hydrogen-bond donors (Lipinski definition) is 0. The molecule has 0 radical (unpaired) electrons. The van der Waals surface area contributed by atoms with Gasteiger partial charge in [-0.15, -0.1) is 0 Å². The van der Waals surface area contributed by atoms with Gasteiger partial charge >= 0.3 is 6.01 Å². The van der Waals surface area contributed by atoms with Crippen molar-refractivity contribution in [2.75, 3.05) is 20.6 Å². The Hall–Kier alpha value is -2.04. The monoisotopic (exact) mass is 338 g/mol. The van der Waals surface area contributed by atoms with E-state index in [1.807, 2.05) is 0 Å². The predicted molar refractivity (Wildman–Crippen MR) is 81.7 cm³/mol. The highest BCUT2D eigenvalue weighted by Crippen LogP contribution is 2.18. The van der Waals surface area contributed by atoms with Crippen LogP contribution in [0.4, 0.5) is 0 Å². The van der Waals surface area contributed by atoms with Gasteiger partial charge in [-0.2, -0.15) is 22.1 Å². The van der Waals surface area contributed by atoms with Crippen LogP contribution >= 0.6 is 0 Å². The Kier molecular flexibility index (Phi) is 4.28. The molecule has 0 fully saturated rings. The lowest BCUT2D eigenvalue weighted by Crippen LogP contribution is -2.44. The van der Waals surface area contributed by atoms with Crippen LogP contribution in [0.1, 0.15) is 5.69 Å². The first-order chi connectivity index (χ1) is 11.0. The molecule has 0 N–H and O–H groups in total. The minimum absolute atomic E-state index is 0.197. The average Bonchev–Trinajstić information content (AvgIpc) is 2.87. The largest absolute Gasteiger partial charge is 0.457 e. The first-order valence-electron chi connectivity index (χ1n) is 7.09. The fourth-order valence-electron chi connectivity index (χ4n) is 2.36. The summed E-state index contributed by atoms with van der Waals surface area (Å²) >= 11 is 0. The number of ether oxygens (including phenoxy) is 1. The summed E-state index contributed by atoms with van der Waals surface area (Å²) in [7, 11) is -0.549. The molecule has 9 nitrogen and oxygen atoms in total. The van der Waals surface area contributed by atoms with Crippen LogP contribution in [0.2, 0.25) is 0 Å². The van der Waals surface area contributed by atoms with E-state index >= 15 is 0 Å². The zero-order valence-electron chi connectivity index (χ0n) is 12.9. The van der Waals surface area contributed by atoms with Gasteiger partial charge in [-0.1, -0.05) is 0 Å². The van der Waals surface area contributed by atoms with E-state index in [2.05, 4.69) is 15.1 Å². The summed E-state index contributed by atoms with van der Waals surface area (Å²) in [6, 6.07) is 3.71. The Bertz CT molecular complexity index is 761. The van der Waals surface area contributed by atoms with Crippen LogP contribution in [0.25, 0.3) is 0 Å². The minimum Gasteiger partial charge on any atom is -0.457 e. The molecule has 2 aromatic rings. The maximum Gasteiger partial charge on any atom is 0.316 e. The van der Waals surface area contributed by atoms with Crippen molar-refractivity contribution in [2.45, 2.75) is 19.2 Å². The molecular weight excluding hydrogens is 320 g/mol. The van der Waals surface area contributed by atoms with Crippen molar-refractivity contribution in [3.05, 3.63) is 36.4 Å². The predicted octanol–water partition coefficient (Wildman–Crippen LogP) is -0.257. The second-order valence-corrected chi connectivity index (χ2v) is 7.50. The molecule has 0 saturated heterocycles. The van der Waals surface area contributed by atoms with E-state index in [9.17, 15) is 8.42 Å². The van der Waals surface area contributed by atoms with Gasteiger partial charge in [-0.3, -0.25) is 4.68 Å². The lowest BCUT2D eigenvalue weighted by Gasteiger charge is -2.26. The van der Waals surface area contributed by atoms with Crippen LogP contribution in [0.3, 0.4) is 0 Å². The second-order valence-electron chi connectivity index (χ2n) is 5.36. The quantitative estimate of drug-likeness (QED) is 0.763. The Morgan fingerprint density at radius 1 is 1.22 bits per heavy atom. The number of aromatic nitrogens is 4. The van der Waals surface area contributed by atoms with Gasteiger partial charge in [0.15, 0.2) is 0 Å². The van der Waals surface area contributed by atoms with E-state index in [1.54, 1.807) is 35.4 Å². The highest BCUT2D eigenvalue weighted by Gasteiger charge is 2.32. The van der Waals surface area contributed by atoms with Gasteiger partial charge in [-0.25, -0.2) is 9.97 Å². The smallest absolute Gasteiger partial charge is 0.316 e. The summed E-state index contributed by atoms with van der Waals surface area (Å²) in [4.78, 5) is 8.06. The topological polar surface area (TPSA) is 93.5 Å². The zero-order chi connectivity index (χ0) is 16.4. The first-order valence-corrected chi connectivity index (χ1v) is 8.48. The van der Waals surface area contributed by atoms with Gasteiger partial charge in [-0.05, 0) is 12.1 Å². The molecule has 1 atom stereocenters. The number of nitrogens with zero attached hydrogens (tertiary/aromatic N) is 6. The number of rotatable bonds is 4. The van der Waals surface area contributed by atoms with Gasteiger partial charge in [0.05, 0.1) is 25.3 Å². The average molecular weight is 338 g/mol. The fraction of sp³-hybridized carbons (Fsp3) is 0.462. The zero-order valence-corrected chi connectivity index (χ0v) is 13.7. The lowest BCUT2D eigenvalue weighted by molar-refractivity contribution is 0.142. The Morgan fingerprint density at radius 3 is 2.65 bits per heavy atom. The third kappa shape index (κ3) is 3.33. The number of fused-ring (bicyclic) bond motifs is 1. The van der Waals surface area contributed by atoms with E-state index in [4.69, 9.17) is 4.74 Å². The molecule has 0 unspecified atom stereocenters. The van der Waals surface area contributed by atoms with Crippen molar-refractivity contribution in [3.8, 4) is 6.01 Å². The summed E-state index contributed by atoms with van der Waals surface area (Å²) < 4.78 is 35.1. The normalized spacial score (nSPS) is 19.3. The maximum atomic E-state index is 12.5. The SMILES string of the molecule is CN(C)S(=O)(=O)N1Cc2ccnn2C[C@H](Oc2ncccn2)C1. The highest BCUT2D eigenvalue weighted by atomic mass is 32.2. The molecule has 1 aliphatic rings. The van der Waals surface area contributed by atoms with Crippen LogP contribution in [0.5, 0.6) is 6.01 Å². The lowest BCUT2D eigenvalue weighted by atomic mass is 10.3. The van der Waals surface area contributed by atoms with E-state index < -0.39 is 16.3 Å². The number of hydrogen-bond acceptors (Lipinski definition) is 6. The Morgan fingerprint density at radius 2 is 1.96 bits per heavy atom. The molecule has 0 spiro atoms. The van der Waals surface area contributed by atoms with Crippen LogP contribution in [0.15, 0.2) is 30.7 Å². The molecule has 0 aliphatic carbocycles. The summed E-state index contributed by atoms with van der Waals surface area (Å²) in [5.74, 6) is 0. The van der Waals surface area contributed by atoms with Gasteiger partial charge in [0.2, 0.25) is 0 Å². The third-order valence-electron chi connectivity index (χ3n) is 3.53. The molecule has 0 bridgehead atoms. The van der Waals surface area contributed by atoms with Crippen molar-refractivity contribution in [2.24, 2.45) is 0 Å². The molecule has 23 heavy (non-hydrogen) atoms. The van der Waals surface area contributed by atoms with Crippen LogP contribution in [0, 0.1) is 0 Å². The van der Waals surface area contributed by atoms with Crippen molar-refractivity contribution in [1.82, 2.24) is 28.4 Å². The van der Waals surface area contributed by atoms with Crippen LogP contribution < -0.4 is 4.74 Å². The standard InChI is InChI=1S/C13H18N6O3S/c1-17(2)23(20,21)18-8-11-4-7-16-19(11)10-12(9-18)22-13-14-5-3-6-15-13/h3-7,12H,8-10H2,1-2H3/t12-/m1/s1. The molecule has 124 valence electrons. The van der Waals surface area contributed by atoms with Crippen molar-refractivity contribution >= 4 is 10.2 Å². The summed E-state index contributed by atoms with van der Waals surface area (Å²) in [5.41, 5.74) is 0.815. The minimum atomic E-state index is -3.56. The molecular formula is C13H18N6O3S. The Labute approximate surface area is 134 Å². The summed E-state index contributed by atoms with van der Waals surface area (Å²) in [6.07, 6.45) is 4.37. The third-order valence-corrected chi connectivity index (χ3v) is 5.38. The summed E-state index contributed by atoms with van der Waals surface area (Å²) in [5, 5.41) is 4.23. The van der Waals surface area contributed by atoms with Crippen LogP contribution in [-0.4, -0.2) is 63.5 Å². The van der Waals surface area contributed by atoms with E-state index in [0.29, 0.717) is 6.54 Å². The van der Waals surface area contributed by atoms with Gasteiger partial charge < -0.3 is 4.74 Å². The molecule has 0 saturated carbocycles.